The zero-order valence-corrected chi connectivity index (χ0v) is 14.0. The molecule has 1 aromatic carbocycles. The number of ether oxygens (including phenoxy) is 1. The van der Waals surface area contributed by atoms with E-state index in [9.17, 15) is 5.11 Å². The maximum Gasteiger partial charge on any atom is 0.148 e. The van der Waals surface area contributed by atoms with Gasteiger partial charge in [0.15, 0.2) is 0 Å². The van der Waals surface area contributed by atoms with Crippen LogP contribution in [0.3, 0.4) is 0 Å². The van der Waals surface area contributed by atoms with Gasteiger partial charge in [-0.05, 0) is 45.9 Å². The summed E-state index contributed by atoms with van der Waals surface area (Å²) in [7, 11) is 1.96. The summed E-state index contributed by atoms with van der Waals surface area (Å²) in [6.45, 7) is 4.93. The highest BCUT2D eigenvalue weighted by atomic mass is 35.5. The Bertz CT molecular complexity index is 668. The van der Waals surface area contributed by atoms with Crippen molar-refractivity contribution in [2.24, 2.45) is 0 Å². The molecule has 1 saturated heterocycles. The SMILES string of the molecule is CN(C1CCOC(C)(C)C1)C(O)c1cc2cccc(Cl)c2[nH]1. The van der Waals surface area contributed by atoms with Crippen LogP contribution in [0, 0.1) is 0 Å². The number of benzene rings is 1. The van der Waals surface area contributed by atoms with Crippen LogP contribution >= 0.6 is 11.6 Å². The van der Waals surface area contributed by atoms with Crippen molar-refractivity contribution in [2.45, 2.75) is 44.6 Å². The minimum absolute atomic E-state index is 0.138. The largest absolute Gasteiger partial charge is 0.375 e. The summed E-state index contributed by atoms with van der Waals surface area (Å²) < 4.78 is 5.76. The molecule has 0 bridgehead atoms. The third kappa shape index (κ3) is 3.01. The lowest BCUT2D eigenvalue weighted by molar-refractivity contribution is -0.108. The van der Waals surface area contributed by atoms with Crippen LogP contribution in [0.25, 0.3) is 10.9 Å². The Kier molecular flexibility index (Phi) is 4.21. The number of fused-ring (bicyclic) bond motifs is 1. The molecule has 2 N–H and O–H groups in total. The Morgan fingerprint density at radius 1 is 1.45 bits per heavy atom. The first-order chi connectivity index (χ1) is 10.4. The van der Waals surface area contributed by atoms with Gasteiger partial charge in [-0.3, -0.25) is 4.90 Å². The molecule has 2 aromatic rings. The van der Waals surface area contributed by atoms with Crippen molar-refractivity contribution in [3.63, 3.8) is 0 Å². The molecule has 0 radical (unpaired) electrons. The number of aliphatic hydroxyl groups excluding tert-OH is 1. The van der Waals surface area contributed by atoms with Crippen molar-refractivity contribution < 1.29 is 9.84 Å². The normalized spacial score (nSPS) is 23.1. The van der Waals surface area contributed by atoms with E-state index in [1.807, 2.05) is 36.2 Å². The average Bonchev–Trinajstić information content (AvgIpc) is 2.90. The number of para-hydroxylation sites is 1. The third-order valence-electron chi connectivity index (χ3n) is 4.54. The lowest BCUT2D eigenvalue weighted by Crippen LogP contribution is -2.45. The first-order valence-corrected chi connectivity index (χ1v) is 8.06. The van der Waals surface area contributed by atoms with E-state index in [1.165, 1.54) is 0 Å². The zero-order valence-electron chi connectivity index (χ0n) is 13.3. The van der Waals surface area contributed by atoms with Gasteiger partial charge in [-0.25, -0.2) is 0 Å². The molecule has 1 aromatic heterocycles. The monoisotopic (exact) mass is 322 g/mol. The standard InChI is InChI=1S/C17H23ClN2O2/c1-17(2)10-12(7-8-22-17)20(3)16(21)14-9-11-5-4-6-13(18)15(11)19-14/h4-6,9,12,16,19,21H,7-8,10H2,1-3H3. The predicted octanol–water partition coefficient (Wildman–Crippen LogP) is 3.70. The van der Waals surface area contributed by atoms with Gasteiger partial charge < -0.3 is 14.8 Å². The number of rotatable bonds is 3. The molecule has 1 aliphatic rings. The molecule has 0 amide bonds. The van der Waals surface area contributed by atoms with Crippen molar-refractivity contribution in [1.82, 2.24) is 9.88 Å². The quantitative estimate of drug-likeness (QED) is 0.847. The number of H-pyrrole nitrogens is 1. The Morgan fingerprint density at radius 3 is 2.91 bits per heavy atom. The van der Waals surface area contributed by atoms with E-state index < -0.39 is 6.23 Å². The Balaban J connectivity index is 1.82. The van der Waals surface area contributed by atoms with Crippen LogP contribution in [-0.2, 0) is 4.74 Å². The maximum atomic E-state index is 10.7. The van der Waals surface area contributed by atoms with E-state index in [4.69, 9.17) is 16.3 Å². The van der Waals surface area contributed by atoms with Crippen LogP contribution in [0.1, 0.15) is 38.6 Å². The predicted molar refractivity (Wildman–Crippen MR) is 89.1 cm³/mol. The third-order valence-corrected chi connectivity index (χ3v) is 4.85. The van der Waals surface area contributed by atoms with Gasteiger partial charge in [-0.2, -0.15) is 0 Å². The smallest absolute Gasteiger partial charge is 0.148 e. The Hall–Kier alpha value is -1.07. The van der Waals surface area contributed by atoms with Gasteiger partial charge in [0.1, 0.15) is 6.23 Å². The van der Waals surface area contributed by atoms with Gasteiger partial charge in [0.05, 0.1) is 21.8 Å². The molecule has 120 valence electrons. The highest BCUT2D eigenvalue weighted by molar-refractivity contribution is 6.35. The van der Waals surface area contributed by atoms with Gasteiger partial charge in [0.2, 0.25) is 0 Å². The summed E-state index contributed by atoms with van der Waals surface area (Å²) in [5.41, 5.74) is 1.51. The van der Waals surface area contributed by atoms with E-state index in [0.717, 1.165) is 36.0 Å². The minimum atomic E-state index is -0.678. The van der Waals surface area contributed by atoms with Gasteiger partial charge in [-0.1, -0.05) is 23.7 Å². The van der Waals surface area contributed by atoms with E-state index >= 15 is 0 Å². The number of nitrogens with one attached hydrogen (secondary N) is 1. The van der Waals surface area contributed by atoms with Crippen molar-refractivity contribution in [2.75, 3.05) is 13.7 Å². The highest BCUT2D eigenvalue weighted by Gasteiger charge is 2.33. The summed E-state index contributed by atoms with van der Waals surface area (Å²) in [5, 5.41) is 12.4. The fraction of sp³-hybridized carbons (Fsp3) is 0.529. The number of halogens is 1. The van der Waals surface area contributed by atoms with Gasteiger partial charge in [0.25, 0.3) is 0 Å². The molecule has 0 saturated carbocycles. The zero-order chi connectivity index (χ0) is 15.9. The molecule has 2 atom stereocenters. The van der Waals surface area contributed by atoms with Crippen LogP contribution in [0.2, 0.25) is 5.02 Å². The molecule has 2 heterocycles. The molecular formula is C17H23ClN2O2. The second kappa shape index (κ2) is 5.85. The first kappa shape index (κ1) is 15.8. The van der Waals surface area contributed by atoms with Crippen LogP contribution < -0.4 is 0 Å². The molecule has 1 aliphatic heterocycles. The lowest BCUT2D eigenvalue weighted by atomic mass is 9.93. The van der Waals surface area contributed by atoms with Gasteiger partial charge in [0, 0.05) is 18.0 Å². The van der Waals surface area contributed by atoms with Crippen molar-refractivity contribution in [1.29, 1.82) is 0 Å². The molecule has 5 heteroatoms. The van der Waals surface area contributed by atoms with Crippen molar-refractivity contribution in [3.8, 4) is 0 Å². The molecule has 0 spiro atoms. The van der Waals surface area contributed by atoms with E-state index in [1.54, 1.807) is 0 Å². The van der Waals surface area contributed by atoms with E-state index in [2.05, 4.69) is 18.8 Å². The summed E-state index contributed by atoms with van der Waals surface area (Å²) in [6.07, 6.45) is 1.15. The molecule has 4 nitrogen and oxygen atoms in total. The number of hydrogen-bond donors (Lipinski definition) is 2. The van der Waals surface area contributed by atoms with Crippen LogP contribution in [0.5, 0.6) is 0 Å². The molecule has 22 heavy (non-hydrogen) atoms. The van der Waals surface area contributed by atoms with E-state index in [-0.39, 0.29) is 5.60 Å². The Morgan fingerprint density at radius 2 is 2.23 bits per heavy atom. The summed E-state index contributed by atoms with van der Waals surface area (Å²) in [4.78, 5) is 5.27. The summed E-state index contributed by atoms with van der Waals surface area (Å²) in [6, 6.07) is 8.01. The molecule has 2 unspecified atom stereocenters. The second-order valence-electron chi connectivity index (χ2n) is 6.72. The van der Waals surface area contributed by atoms with Crippen LogP contribution in [0.4, 0.5) is 0 Å². The molecule has 3 rings (SSSR count). The van der Waals surface area contributed by atoms with Crippen LogP contribution in [-0.4, -0.2) is 40.3 Å². The Labute approximate surface area is 136 Å². The number of aromatic amines is 1. The molecule has 0 aliphatic carbocycles. The number of aliphatic hydroxyl groups is 1. The number of nitrogens with zero attached hydrogens (tertiary/aromatic N) is 1. The summed E-state index contributed by atoms with van der Waals surface area (Å²) in [5.74, 6) is 0. The maximum absolute atomic E-state index is 10.7. The summed E-state index contributed by atoms with van der Waals surface area (Å²) >= 11 is 6.20. The highest BCUT2D eigenvalue weighted by Crippen LogP contribution is 2.32. The minimum Gasteiger partial charge on any atom is -0.375 e. The molecular weight excluding hydrogens is 300 g/mol. The lowest BCUT2D eigenvalue weighted by Gasteiger charge is -2.41. The molecule has 1 fully saturated rings. The second-order valence-corrected chi connectivity index (χ2v) is 7.13. The fourth-order valence-electron chi connectivity index (χ4n) is 3.25. The van der Waals surface area contributed by atoms with Gasteiger partial charge >= 0.3 is 0 Å². The average molecular weight is 323 g/mol. The topological polar surface area (TPSA) is 48.5 Å². The van der Waals surface area contributed by atoms with Crippen molar-refractivity contribution in [3.05, 3.63) is 35.0 Å². The number of hydrogen-bond acceptors (Lipinski definition) is 3. The fourth-order valence-corrected chi connectivity index (χ4v) is 3.48. The van der Waals surface area contributed by atoms with E-state index in [0.29, 0.717) is 11.1 Å². The van der Waals surface area contributed by atoms with Crippen LogP contribution in [0.15, 0.2) is 24.3 Å². The first-order valence-electron chi connectivity index (χ1n) is 7.68. The van der Waals surface area contributed by atoms with Gasteiger partial charge in [-0.15, -0.1) is 0 Å². The number of aromatic nitrogens is 1. The van der Waals surface area contributed by atoms with Crippen molar-refractivity contribution >= 4 is 22.5 Å².